The first kappa shape index (κ1) is 21.4. The first-order valence-electron chi connectivity index (χ1n) is 10.7. The lowest BCUT2D eigenvalue weighted by molar-refractivity contribution is 0.0636. The number of halogens is 1. The Balaban J connectivity index is 1.61. The molecular formula is C23H28ClN5O2. The molecule has 0 spiro atoms. The van der Waals surface area contributed by atoms with Gasteiger partial charge in [0.25, 0.3) is 0 Å². The number of nitrogens with zero attached hydrogens (tertiary/aromatic N) is 2. The van der Waals surface area contributed by atoms with Crippen molar-refractivity contribution in [3.8, 4) is 11.1 Å². The van der Waals surface area contributed by atoms with Crippen LogP contribution < -0.4 is 10.6 Å². The fraction of sp³-hybridized carbons (Fsp3) is 0.435. The molecule has 1 aliphatic carbocycles. The van der Waals surface area contributed by atoms with Crippen LogP contribution in [-0.4, -0.2) is 32.7 Å². The van der Waals surface area contributed by atoms with Gasteiger partial charge in [0.1, 0.15) is 22.2 Å². The summed E-state index contributed by atoms with van der Waals surface area (Å²) in [7, 11) is 0. The second-order valence-electron chi connectivity index (χ2n) is 8.99. The normalized spacial score (nSPS) is 15.1. The lowest BCUT2D eigenvalue weighted by atomic mass is 9.95. The van der Waals surface area contributed by atoms with Crippen LogP contribution in [0.2, 0.25) is 5.15 Å². The van der Waals surface area contributed by atoms with Gasteiger partial charge in [0.05, 0.1) is 11.9 Å². The molecule has 7 nitrogen and oxygen atoms in total. The van der Waals surface area contributed by atoms with Gasteiger partial charge in [0.2, 0.25) is 0 Å². The second-order valence-corrected chi connectivity index (χ2v) is 9.38. The zero-order valence-electron chi connectivity index (χ0n) is 18.1. The smallest absolute Gasteiger partial charge is 0.412 e. The molecule has 0 aliphatic heterocycles. The minimum atomic E-state index is -0.573. The molecule has 0 atom stereocenters. The number of pyridine rings is 2. The molecule has 0 aromatic carbocycles. The number of amides is 1. The summed E-state index contributed by atoms with van der Waals surface area (Å²) in [5.74, 6) is 0.778. The van der Waals surface area contributed by atoms with Gasteiger partial charge in [-0.3, -0.25) is 5.32 Å². The van der Waals surface area contributed by atoms with Crippen molar-refractivity contribution >= 4 is 40.2 Å². The van der Waals surface area contributed by atoms with E-state index < -0.39 is 11.7 Å². The molecule has 3 heterocycles. The summed E-state index contributed by atoms with van der Waals surface area (Å²) in [4.78, 5) is 24.2. The van der Waals surface area contributed by atoms with E-state index in [0.29, 0.717) is 16.9 Å². The Morgan fingerprint density at radius 2 is 1.97 bits per heavy atom. The molecule has 3 aromatic heterocycles. The van der Waals surface area contributed by atoms with E-state index in [0.717, 1.165) is 40.8 Å². The number of carbonyl (C=O) groups is 1. The molecule has 0 bridgehead atoms. The van der Waals surface area contributed by atoms with Crippen molar-refractivity contribution < 1.29 is 9.53 Å². The van der Waals surface area contributed by atoms with E-state index in [2.05, 4.69) is 25.6 Å². The van der Waals surface area contributed by atoms with E-state index >= 15 is 0 Å². The van der Waals surface area contributed by atoms with E-state index in [1.807, 2.05) is 45.2 Å². The summed E-state index contributed by atoms with van der Waals surface area (Å²) >= 11 is 6.35. The molecule has 4 rings (SSSR count). The van der Waals surface area contributed by atoms with Gasteiger partial charge in [0.15, 0.2) is 0 Å². The van der Waals surface area contributed by atoms with Crippen LogP contribution in [0.3, 0.4) is 0 Å². The van der Waals surface area contributed by atoms with Crippen molar-refractivity contribution in [2.24, 2.45) is 0 Å². The summed E-state index contributed by atoms with van der Waals surface area (Å²) in [6, 6.07) is 6.16. The highest BCUT2D eigenvalue weighted by Crippen LogP contribution is 2.33. The maximum absolute atomic E-state index is 12.1. The largest absolute Gasteiger partial charge is 0.444 e. The van der Waals surface area contributed by atoms with Crippen molar-refractivity contribution in [2.75, 3.05) is 10.6 Å². The van der Waals surface area contributed by atoms with Crippen LogP contribution in [0.1, 0.15) is 52.9 Å². The fourth-order valence-corrected chi connectivity index (χ4v) is 4.12. The van der Waals surface area contributed by atoms with Gasteiger partial charge >= 0.3 is 6.09 Å². The van der Waals surface area contributed by atoms with Gasteiger partial charge < -0.3 is 15.0 Å². The molecule has 0 unspecified atom stereocenters. The summed E-state index contributed by atoms with van der Waals surface area (Å²) in [6.07, 6.45) is 9.07. The standard InChI is InChI=1S/C23H28ClN5O2/c1-23(2,3)31-22(30)28-16-11-17-18(13-26-21(17)25-12-16)14-9-19(24)29-20(10-14)27-15-7-5-4-6-8-15/h9-13,15H,4-8H2,1-3H3,(H,25,26)(H,27,29)(H,28,30). The summed E-state index contributed by atoms with van der Waals surface area (Å²) in [5.41, 5.74) is 2.58. The number of nitrogens with one attached hydrogen (secondary N) is 3. The lowest BCUT2D eigenvalue weighted by Gasteiger charge is -2.23. The highest BCUT2D eigenvalue weighted by molar-refractivity contribution is 6.29. The van der Waals surface area contributed by atoms with Gasteiger partial charge in [-0.15, -0.1) is 0 Å². The number of aromatic amines is 1. The Kier molecular flexibility index (Phi) is 6.05. The third-order valence-electron chi connectivity index (χ3n) is 5.24. The number of hydrogen-bond acceptors (Lipinski definition) is 5. The molecule has 1 aliphatic rings. The zero-order chi connectivity index (χ0) is 22.0. The van der Waals surface area contributed by atoms with Gasteiger partial charge in [-0.25, -0.2) is 14.8 Å². The number of aromatic nitrogens is 3. The predicted molar refractivity (Wildman–Crippen MR) is 125 cm³/mol. The average molecular weight is 442 g/mol. The molecule has 8 heteroatoms. The number of H-pyrrole nitrogens is 1. The topological polar surface area (TPSA) is 91.9 Å². The van der Waals surface area contributed by atoms with E-state index in [1.165, 1.54) is 19.3 Å². The molecule has 3 N–H and O–H groups in total. The molecular weight excluding hydrogens is 414 g/mol. The van der Waals surface area contributed by atoms with E-state index in [-0.39, 0.29) is 0 Å². The van der Waals surface area contributed by atoms with Crippen molar-refractivity contribution in [3.63, 3.8) is 0 Å². The van der Waals surface area contributed by atoms with Crippen LogP contribution in [0, 0.1) is 0 Å². The number of fused-ring (bicyclic) bond motifs is 1. The van der Waals surface area contributed by atoms with Crippen molar-refractivity contribution in [1.29, 1.82) is 0 Å². The average Bonchev–Trinajstić information content (AvgIpc) is 3.10. The first-order valence-corrected chi connectivity index (χ1v) is 11.1. The molecule has 1 amide bonds. The van der Waals surface area contributed by atoms with Gasteiger partial charge in [0, 0.05) is 23.2 Å². The van der Waals surface area contributed by atoms with Crippen LogP contribution >= 0.6 is 11.6 Å². The van der Waals surface area contributed by atoms with Crippen LogP contribution in [-0.2, 0) is 4.74 Å². The van der Waals surface area contributed by atoms with Crippen LogP contribution in [0.4, 0.5) is 16.3 Å². The minimum absolute atomic E-state index is 0.432. The fourth-order valence-electron chi connectivity index (χ4n) is 3.91. The molecule has 0 radical (unpaired) electrons. The van der Waals surface area contributed by atoms with E-state index in [9.17, 15) is 4.79 Å². The van der Waals surface area contributed by atoms with Crippen LogP contribution in [0.25, 0.3) is 22.2 Å². The quantitative estimate of drug-likeness (QED) is 0.409. The predicted octanol–water partition coefficient (Wildman–Crippen LogP) is 6.37. The molecule has 164 valence electrons. The Labute approximate surface area is 187 Å². The van der Waals surface area contributed by atoms with Crippen molar-refractivity contribution in [1.82, 2.24) is 15.0 Å². The lowest BCUT2D eigenvalue weighted by Crippen LogP contribution is -2.27. The third-order valence-corrected chi connectivity index (χ3v) is 5.43. The molecule has 0 saturated heterocycles. The maximum atomic E-state index is 12.1. The summed E-state index contributed by atoms with van der Waals surface area (Å²) < 4.78 is 5.33. The van der Waals surface area contributed by atoms with E-state index in [1.54, 1.807) is 6.20 Å². The Hall–Kier alpha value is -2.80. The van der Waals surface area contributed by atoms with E-state index in [4.69, 9.17) is 16.3 Å². The number of hydrogen-bond donors (Lipinski definition) is 3. The van der Waals surface area contributed by atoms with Crippen molar-refractivity contribution in [3.05, 3.63) is 35.7 Å². The number of carbonyl (C=O) groups excluding carboxylic acids is 1. The van der Waals surface area contributed by atoms with Gasteiger partial charge in [-0.05, 0) is 57.4 Å². The highest BCUT2D eigenvalue weighted by Gasteiger charge is 2.18. The number of anilines is 2. The molecule has 1 fully saturated rings. The monoisotopic (exact) mass is 441 g/mol. The Morgan fingerprint density at radius 3 is 2.71 bits per heavy atom. The second kappa shape index (κ2) is 8.75. The highest BCUT2D eigenvalue weighted by atomic mass is 35.5. The summed E-state index contributed by atoms with van der Waals surface area (Å²) in [5, 5.41) is 7.59. The number of rotatable bonds is 4. The maximum Gasteiger partial charge on any atom is 0.412 e. The SMILES string of the molecule is CC(C)(C)OC(=O)Nc1cnc2[nH]cc(-c3cc(Cl)nc(NC4CCCCC4)c3)c2c1. The Morgan fingerprint density at radius 1 is 1.19 bits per heavy atom. The summed E-state index contributed by atoms with van der Waals surface area (Å²) in [6.45, 7) is 5.47. The molecule has 31 heavy (non-hydrogen) atoms. The first-order chi connectivity index (χ1) is 14.8. The zero-order valence-corrected chi connectivity index (χ0v) is 18.8. The van der Waals surface area contributed by atoms with Crippen molar-refractivity contribution in [2.45, 2.75) is 64.5 Å². The van der Waals surface area contributed by atoms with Crippen LogP contribution in [0.15, 0.2) is 30.6 Å². The third kappa shape index (κ3) is 5.47. The Bertz CT molecular complexity index is 1080. The number of ether oxygens (including phenoxy) is 1. The minimum Gasteiger partial charge on any atom is -0.444 e. The van der Waals surface area contributed by atoms with Crippen LogP contribution in [0.5, 0.6) is 0 Å². The van der Waals surface area contributed by atoms with Gasteiger partial charge in [-0.2, -0.15) is 0 Å². The molecule has 1 saturated carbocycles. The molecule has 3 aromatic rings. The van der Waals surface area contributed by atoms with Gasteiger partial charge in [-0.1, -0.05) is 30.9 Å².